The van der Waals surface area contributed by atoms with Crippen LogP contribution in [-0.4, -0.2) is 0 Å². The highest BCUT2D eigenvalue weighted by molar-refractivity contribution is 7.99. The van der Waals surface area contributed by atoms with Crippen molar-refractivity contribution in [3.05, 3.63) is 131 Å². The molecule has 1 spiro atoms. The fourth-order valence-electron chi connectivity index (χ4n) is 6.07. The molecular formula is C31H18S2. The topological polar surface area (TPSA) is 0 Å². The first kappa shape index (κ1) is 18.1. The molecule has 0 bridgehead atoms. The van der Waals surface area contributed by atoms with Crippen LogP contribution in [0, 0.1) is 0 Å². The van der Waals surface area contributed by atoms with Gasteiger partial charge in [0.2, 0.25) is 0 Å². The van der Waals surface area contributed by atoms with Gasteiger partial charge in [-0.05, 0) is 57.6 Å². The van der Waals surface area contributed by atoms with E-state index in [0.717, 1.165) is 0 Å². The minimum Gasteiger partial charge on any atom is -0.135 e. The molecule has 2 heteroatoms. The van der Waals surface area contributed by atoms with E-state index >= 15 is 0 Å². The van der Waals surface area contributed by atoms with Crippen molar-refractivity contribution in [3.63, 3.8) is 0 Å². The lowest BCUT2D eigenvalue weighted by Crippen LogP contribution is -2.31. The van der Waals surface area contributed by atoms with Gasteiger partial charge in [-0.1, -0.05) is 96.7 Å². The van der Waals surface area contributed by atoms with Gasteiger partial charge in [-0.15, -0.1) is 11.3 Å². The largest absolute Gasteiger partial charge is 0.135 e. The summed E-state index contributed by atoms with van der Waals surface area (Å²) < 4.78 is 2.73. The third kappa shape index (κ3) is 2.18. The molecule has 0 radical (unpaired) electrons. The fraction of sp³-hybridized carbons (Fsp3) is 0.0323. The third-order valence-corrected chi connectivity index (χ3v) is 9.61. The monoisotopic (exact) mass is 454 g/mol. The summed E-state index contributed by atoms with van der Waals surface area (Å²) in [5.41, 5.74) is 8.06. The summed E-state index contributed by atoms with van der Waals surface area (Å²) >= 11 is 3.84. The zero-order valence-electron chi connectivity index (χ0n) is 17.7. The molecule has 5 aromatic carbocycles. The quantitative estimate of drug-likeness (QED) is 0.220. The van der Waals surface area contributed by atoms with E-state index in [1.54, 1.807) is 0 Å². The summed E-state index contributed by atoms with van der Waals surface area (Å²) in [5, 5.41) is 2.73. The molecule has 1 aromatic heterocycles. The second-order valence-corrected chi connectivity index (χ2v) is 11.0. The van der Waals surface area contributed by atoms with Gasteiger partial charge in [-0.3, -0.25) is 0 Å². The van der Waals surface area contributed by atoms with Crippen molar-refractivity contribution in [2.45, 2.75) is 15.2 Å². The van der Waals surface area contributed by atoms with E-state index in [9.17, 15) is 0 Å². The van der Waals surface area contributed by atoms with Gasteiger partial charge < -0.3 is 0 Å². The standard InChI is InChI=1S/C31H18S2/c1-4-12-23-19(9-1)20-10-2-5-13-24(20)31(23)25-14-6-8-16-28(25)33-30-17-22-21-11-3-7-15-27(21)32-29(22)18-26(30)31/h1-18H. The zero-order valence-corrected chi connectivity index (χ0v) is 19.3. The Kier molecular flexibility index (Phi) is 3.50. The van der Waals surface area contributed by atoms with Crippen molar-refractivity contribution < 1.29 is 0 Å². The summed E-state index contributed by atoms with van der Waals surface area (Å²) in [6.07, 6.45) is 0. The van der Waals surface area contributed by atoms with Gasteiger partial charge in [0.05, 0.1) is 5.41 Å². The van der Waals surface area contributed by atoms with Gasteiger partial charge in [0.15, 0.2) is 0 Å². The average molecular weight is 455 g/mol. The summed E-state index contributed by atoms with van der Waals surface area (Å²) in [5.74, 6) is 0. The Labute approximate surface area is 200 Å². The molecule has 33 heavy (non-hydrogen) atoms. The van der Waals surface area contributed by atoms with Gasteiger partial charge in [0.25, 0.3) is 0 Å². The Morgan fingerprint density at radius 3 is 1.88 bits per heavy atom. The predicted molar refractivity (Wildman–Crippen MR) is 141 cm³/mol. The van der Waals surface area contributed by atoms with E-state index in [4.69, 9.17) is 0 Å². The molecule has 0 amide bonds. The third-order valence-electron chi connectivity index (χ3n) is 7.35. The number of rotatable bonds is 0. The zero-order chi connectivity index (χ0) is 21.6. The molecule has 0 unspecified atom stereocenters. The minimum absolute atomic E-state index is 0.283. The lowest BCUT2D eigenvalue weighted by molar-refractivity contribution is 0.724. The predicted octanol–water partition coefficient (Wildman–Crippen LogP) is 8.88. The van der Waals surface area contributed by atoms with E-state index in [1.165, 1.54) is 63.3 Å². The van der Waals surface area contributed by atoms with Crippen LogP contribution in [0.5, 0.6) is 0 Å². The van der Waals surface area contributed by atoms with Gasteiger partial charge in [-0.25, -0.2) is 0 Å². The van der Waals surface area contributed by atoms with Crippen LogP contribution in [0.25, 0.3) is 31.3 Å². The molecule has 2 heterocycles. The molecule has 1 aliphatic carbocycles. The van der Waals surface area contributed by atoms with Crippen LogP contribution in [0.3, 0.4) is 0 Å². The molecule has 1 aliphatic heterocycles. The van der Waals surface area contributed by atoms with Crippen LogP contribution >= 0.6 is 23.1 Å². The van der Waals surface area contributed by atoms with Crippen molar-refractivity contribution in [3.8, 4) is 11.1 Å². The molecule has 8 rings (SSSR count). The number of hydrogen-bond donors (Lipinski definition) is 0. The van der Waals surface area contributed by atoms with Crippen molar-refractivity contribution in [2.75, 3.05) is 0 Å². The summed E-state index contributed by atoms with van der Waals surface area (Å²) in [6, 6.07) is 40.8. The first-order valence-corrected chi connectivity index (χ1v) is 12.9. The van der Waals surface area contributed by atoms with Crippen molar-refractivity contribution in [1.29, 1.82) is 0 Å². The first-order valence-electron chi connectivity index (χ1n) is 11.3. The van der Waals surface area contributed by atoms with Crippen LogP contribution in [0.4, 0.5) is 0 Å². The average Bonchev–Trinajstić information content (AvgIpc) is 3.37. The van der Waals surface area contributed by atoms with Crippen molar-refractivity contribution in [2.24, 2.45) is 0 Å². The van der Waals surface area contributed by atoms with Crippen LogP contribution in [-0.2, 0) is 5.41 Å². The summed E-state index contributed by atoms with van der Waals surface area (Å²) in [4.78, 5) is 2.73. The van der Waals surface area contributed by atoms with Crippen LogP contribution in [0.1, 0.15) is 22.3 Å². The maximum atomic E-state index is 2.50. The molecule has 0 saturated carbocycles. The van der Waals surface area contributed by atoms with E-state index in [2.05, 4.69) is 109 Å². The molecule has 0 saturated heterocycles. The Hall–Kier alpha value is -3.33. The van der Waals surface area contributed by atoms with Crippen LogP contribution < -0.4 is 0 Å². The minimum atomic E-state index is -0.283. The van der Waals surface area contributed by atoms with Gasteiger partial charge in [0.1, 0.15) is 0 Å². The lowest BCUT2D eigenvalue weighted by atomic mass is 9.67. The highest BCUT2D eigenvalue weighted by Gasteiger charge is 2.50. The highest BCUT2D eigenvalue weighted by Crippen LogP contribution is 2.62. The molecule has 0 atom stereocenters. The number of benzene rings is 5. The highest BCUT2D eigenvalue weighted by atomic mass is 32.2. The van der Waals surface area contributed by atoms with Gasteiger partial charge >= 0.3 is 0 Å². The van der Waals surface area contributed by atoms with E-state index in [1.807, 2.05) is 23.1 Å². The Morgan fingerprint density at radius 1 is 0.455 bits per heavy atom. The van der Waals surface area contributed by atoms with E-state index in [0.29, 0.717) is 0 Å². The van der Waals surface area contributed by atoms with Gasteiger partial charge in [0, 0.05) is 30.0 Å². The van der Waals surface area contributed by atoms with Crippen molar-refractivity contribution in [1.82, 2.24) is 0 Å². The number of hydrogen-bond acceptors (Lipinski definition) is 2. The molecule has 0 N–H and O–H groups in total. The van der Waals surface area contributed by atoms with E-state index < -0.39 is 0 Å². The smallest absolute Gasteiger partial charge is 0.0735 e. The Morgan fingerprint density at radius 2 is 1.09 bits per heavy atom. The number of thiophene rings is 1. The normalized spacial score (nSPS) is 14.8. The Bertz CT molecular complexity index is 1710. The second-order valence-electron chi connectivity index (χ2n) is 8.88. The SMILES string of the molecule is c1ccc2c(c1)Sc1cc3c(cc1C21c2ccccc2-c2ccccc21)sc1ccccc13. The molecule has 2 aliphatic rings. The molecular weight excluding hydrogens is 436 g/mol. The molecule has 0 nitrogen and oxygen atoms in total. The van der Waals surface area contributed by atoms with Crippen molar-refractivity contribution >= 4 is 43.3 Å². The maximum Gasteiger partial charge on any atom is 0.0735 e. The summed E-state index contributed by atoms with van der Waals surface area (Å²) in [6.45, 7) is 0. The molecule has 6 aromatic rings. The molecule has 154 valence electrons. The lowest BCUT2D eigenvalue weighted by Gasteiger charge is -2.39. The Balaban J connectivity index is 1.59. The number of fused-ring (bicyclic) bond motifs is 12. The summed E-state index contributed by atoms with van der Waals surface area (Å²) in [7, 11) is 0. The molecule has 0 fully saturated rings. The second kappa shape index (κ2) is 6.38. The van der Waals surface area contributed by atoms with Gasteiger partial charge in [-0.2, -0.15) is 0 Å². The van der Waals surface area contributed by atoms with E-state index in [-0.39, 0.29) is 5.41 Å². The van der Waals surface area contributed by atoms with Crippen LogP contribution in [0.15, 0.2) is 119 Å². The first-order chi connectivity index (χ1) is 16.4. The fourth-order valence-corrected chi connectivity index (χ4v) is 8.41. The van der Waals surface area contributed by atoms with Crippen LogP contribution in [0.2, 0.25) is 0 Å². The maximum absolute atomic E-state index is 2.50.